The van der Waals surface area contributed by atoms with E-state index in [0.29, 0.717) is 12.5 Å². The standard InChI is InChI=1S/C17H31N3O2/c1-4-8-16(21)20-12-6-5-10-15(20)17(22)19(3)13-14-9-7-11-18(14)2/h14-15H,4-13H2,1-3H3/t14-,15-/m1/s1. The van der Waals surface area contributed by atoms with E-state index in [1.54, 1.807) is 0 Å². The van der Waals surface area contributed by atoms with Crippen molar-refractivity contribution >= 4 is 11.8 Å². The quantitative estimate of drug-likeness (QED) is 0.777. The molecule has 0 aliphatic carbocycles. The van der Waals surface area contributed by atoms with Crippen LogP contribution >= 0.6 is 0 Å². The number of piperidine rings is 1. The molecule has 0 spiro atoms. The van der Waals surface area contributed by atoms with Crippen molar-refractivity contribution in [3.8, 4) is 0 Å². The molecule has 0 saturated carbocycles. The SMILES string of the molecule is CCCC(=O)N1CCCC[C@@H]1C(=O)N(C)C[C@H]1CCCN1C. The minimum Gasteiger partial charge on any atom is -0.342 e. The van der Waals surface area contributed by atoms with Crippen LogP contribution in [0.4, 0.5) is 0 Å². The molecule has 2 amide bonds. The lowest BCUT2D eigenvalue weighted by molar-refractivity contribution is -0.147. The number of likely N-dealkylation sites (N-methyl/N-ethyl adjacent to an activating group) is 2. The summed E-state index contributed by atoms with van der Waals surface area (Å²) in [5.74, 6) is 0.274. The molecule has 0 bridgehead atoms. The third-order valence-corrected chi connectivity index (χ3v) is 5.10. The Bertz CT molecular complexity index is 399. The molecule has 2 heterocycles. The number of nitrogens with zero attached hydrogens (tertiary/aromatic N) is 3. The molecule has 2 saturated heterocycles. The average Bonchev–Trinajstić information content (AvgIpc) is 2.92. The zero-order valence-corrected chi connectivity index (χ0v) is 14.4. The van der Waals surface area contributed by atoms with Gasteiger partial charge in [-0.25, -0.2) is 0 Å². The lowest BCUT2D eigenvalue weighted by Crippen LogP contribution is -2.53. The zero-order valence-electron chi connectivity index (χ0n) is 14.4. The maximum Gasteiger partial charge on any atom is 0.245 e. The Labute approximate surface area is 134 Å². The van der Waals surface area contributed by atoms with E-state index in [1.165, 1.54) is 6.42 Å². The molecule has 0 radical (unpaired) electrons. The summed E-state index contributed by atoms with van der Waals surface area (Å²) in [6, 6.07) is 0.238. The van der Waals surface area contributed by atoms with Gasteiger partial charge in [-0.1, -0.05) is 6.92 Å². The second kappa shape index (κ2) is 7.95. The van der Waals surface area contributed by atoms with Crippen LogP contribution in [0.5, 0.6) is 0 Å². The molecule has 5 heteroatoms. The molecule has 2 atom stereocenters. The van der Waals surface area contributed by atoms with Gasteiger partial charge in [0.2, 0.25) is 11.8 Å². The molecule has 2 aliphatic heterocycles. The van der Waals surface area contributed by atoms with Crippen molar-refractivity contribution in [2.24, 2.45) is 0 Å². The Kier molecular flexibility index (Phi) is 6.24. The highest BCUT2D eigenvalue weighted by atomic mass is 16.2. The van der Waals surface area contributed by atoms with Gasteiger partial charge in [0, 0.05) is 32.6 Å². The fourth-order valence-electron chi connectivity index (χ4n) is 3.71. The monoisotopic (exact) mass is 309 g/mol. The van der Waals surface area contributed by atoms with Crippen molar-refractivity contribution in [2.75, 3.05) is 33.7 Å². The van der Waals surface area contributed by atoms with Gasteiger partial charge in [0.15, 0.2) is 0 Å². The van der Waals surface area contributed by atoms with E-state index in [4.69, 9.17) is 0 Å². The van der Waals surface area contributed by atoms with Crippen molar-refractivity contribution in [3.05, 3.63) is 0 Å². The zero-order chi connectivity index (χ0) is 16.1. The van der Waals surface area contributed by atoms with Crippen LogP contribution in [0.25, 0.3) is 0 Å². The molecule has 2 aliphatic rings. The van der Waals surface area contributed by atoms with Crippen LogP contribution in [-0.2, 0) is 9.59 Å². The first kappa shape index (κ1) is 17.3. The molecular formula is C17H31N3O2. The van der Waals surface area contributed by atoms with Gasteiger partial charge in [-0.2, -0.15) is 0 Å². The van der Waals surface area contributed by atoms with Crippen LogP contribution in [0.15, 0.2) is 0 Å². The van der Waals surface area contributed by atoms with Gasteiger partial charge in [0.25, 0.3) is 0 Å². The van der Waals surface area contributed by atoms with E-state index in [2.05, 4.69) is 11.9 Å². The highest BCUT2D eigenvalue weighted by Gasteiger charge is 2.34. The van der Waals surface area contributed by atoms with Gasteiger partial charge >= 0.3 is 0 Å². The predicted octanol–water partition coefficient (Wildman–Crippen LogP) is 1.72. The summed E-state index contributed by atoms with van der Waals surface area (Å²) in [6.07, 6.45) is 6.67. The summed E-state index contributed by atoms with van der Waals surface area (Å²) in [4.78, 5) is 31.1. The molecule has 0 unspecified atom stereocenters. The summed E-state index contributed by atoms with van der Waals surface area (Å²) in [5.41, 5.74) is 0. The van der Waals surface area contributed by atoms with Gasteiger partial charge < -0.3 is 14.7 Å². The van der Waals surface area contributed by atoms with Crippen molar-refractivity contribution in [2.45, 2.75) is 64.0 Å². The maximum absolute atomic E-state index is 12.8. The Morgan fingerprint density at radius 3 is 2.55 bits per heavy atom. The first-order valence-corrected chi connectivity index (χ1v) is 8.79. The van der Waals surface area contributed by atoms with E-state index in [0.717, 1.165) is 51.7 Å². The molecule has 126 valence electrons. The highest BCUT2D eigenvalue weighted by Crippen LogP contribution is 2.21. The van der Waals surface area contributed by atoms with Gasteiger partial charge in [-0.05, 0) is 52.1 Å². The van der Waals surface area contributed by atoms with Crippen molar-refractivity contribution < 1.29 is 9.59 Å². The third-order valence-electron chi connectivity index (χ3n) is 5.10. The van der Waals surface area contributed by atoms with Crippen LogP contribution in [0.3, 0.4) is 0 Å². The van der Waals surface area contributed by atoms with E-state index in [9.17, 15) is 9.59 Å². The molecule has 5 nitrogen and oxygen atoms in total. The topological polar surface area (TPSA) is 43.9 Å². The Hall–Kier alpha value is -1.10. The third kappa shape index (κ3) is 4.00. The van der Waals surface area contributed by atoms with Crippen molar-refractivity contribution in [1.82, 2.24) is 14.7 Å². The Morgan fingerprint density at radius 1 is 1.14 bits per heavy atom. The average molecular weight is 309 g/mol. The Morgan fingerprint density at radius 2 is 1.91 bits per heavy atom. The largest absolute Gasteiger partial charge is 0.342 e. The lowest BCUT2D eigenvalue weighted by Gasteiger charge is -2.37. The minimum absolute atomic E-state index is 0.129. The molecule has 0 aromatic carbocycles. The summed E-state index contributed by atoms with van der Waals surface area (Å²) >= 11 is 0. The van der Waals surface area contributed by atoms with Gasteiger partial charge in [-0.3, -0.25) is 9.59 Å². The number of amides is 2. The van der Waals surface area contributed by atoms with Gasteiger partial charge in [0.1, 0.15) is 6.04 Å². The minimum atomic E-state index is -0.232. The molecular weight excluding hydrogens is 278 g/mol. The van der Waals surface area contributed by atoms with E-state index < -0.39 is 0 Å². The van der Waals surface area contributed by atoms with Crippen molar-refractivity contribution in [1.29, 1.82) is 0 Å². The van der Waals surface area contributed by atoms with Gasteiger partial charge in [0.05, 0.1) is 0 Å². The fraction of sp³-hybridized carbons (Fsp3) is 0.882. The first-order chi connectivity index (χ1) is 10.5. The number of carbonyl (C=O) groups excluding carboxylic acids is 2. The predicted molar refractivity (Wildman–Crippen MR) is 87.5 cm³/mol. The lowest BCUT2D eigenvalue weighted by atomic mass is 10.00. The summed E-state index contributed by atoms with van der Waals surface area (Å²) in [5, 5.41) is 0. The van der Waals surface area contributed by atoms with Crippen LogP contribution in [0.1, 0.15) is 51.9 Å². The molecule has 2 fully saturated rings. The normalized spacial score (nSPS) is 26.2. The highest BCUT2D eigenvalue weighted by molar-refractivity contribution is 5.87. The van der Waals surface area contributed by atoms with Crippen LogP contribution in [-0.4, -0.2) is 72.3 Å². The Balaban J connectivity index is 1.97. The number of hydrogen-bond acceptors (Lipinski definition) is 3. The van der Waals surface area contributed by atoms with Crippen LogP contribution in [0.2, 0.25) is 0 Å². The van der Waals surface area contributed by atoms with E-state index in [1.807, 2.05) is 23.8 Å². The smallest absolute Gasteiger partial charge is 0.245 e. The van der Waals surface area contributed by atoms with Gasteiger partial charge in [-0.15, -0.1) is 0 Å². The number of rotatable bonds is 5. The molecule has 0 N–H and O–H groups in total. The molecule has 0 aromatic heterocycles. The van der Waals surface area contributed by atoms with E-state index >= 15 is 0 Å². The summed E-state index contributed by atoms with van der Waals surface area (Å²) < 4.78 is 0. The second-order valence-electron chi connectivity index (χ2n) is 6.84. The van der Waals surface area contributed by atoms with Crippen LogP contribution < -0.4 is 0 Å². The fourth-order valence-corrected chi connectivity index (χ4v) is 3.71. The number of carbonyl (C=O) groups is 2. The summed E-state index contributed by atoms with van der Waals surface area (Å²) in [6.45, 7) is 4.66. The molecule has 0 aromatic rings. The van der Waals surface area contributed by atoms with Crippen molar-refractivity contribution in [3.63, 3.8) is 0 Å². The molecule has 2 rings (SSSR count). The number of hydrogen-bond donors (Lipinski definition) is 0. The maximum atomic E-state index is 12.8. The second-order valence-corrected chi connectivity index (χ2v) is 6.84. The number of likely N-dealkylation sites (tertiary alicyclic amines) is 2. The van der Waals surface area contributed by atoms with Crippen LogP contribution in [0, 0.1) is 0 Å². The summed E-state index contributed by atoms with van der Waals surface area (Å²) in [7, 11) is 4.03. The molecule has 22 heavy (non-hydrogen) atoms. The first-order valence-electron chi connectivity index (χ1n) is 8.79. The van der Waals surface area contributed by atoms with E-state index in [-0.39, 0.29) is 17.9 Å².